The van der Waals surface area contributed by atoms with Gasteiger partial charge in [-0.2, -0.15) is 5.10 Å². The number of rotatable bonds is 4. The number of fused-ring (bicyclic) bond motifs is 2. The highest BCUT2D eigenvalue weighted by Crippen LogP contribution is 2.32. The molecule has 2 unspecified atom stereocenters. The van der Waals surface area contributed by atoms with E-state index in [0.29, 0.717) is 45.6 Å². The SMILES string of the molecule is CC1CN(c2ccc(C(=O)Nc3cc(F)c4nn(C)cc4c3)c3nc(-c4ccoc4)ncc23)CC(C)N1. The second-order valence-corrected chi connectivity index (χ2v) is 9.63. The molecule has 0 saturated carbocycles. The molecule has 3 aromatic heterocycles. The van der Waals surface area contributed by atoms with Gasteiger partial charge in [-0.15, -0.1) is 0 Å². The Labute approximate surface area is 212 Å². The topological polar surface area (TPSA) is 101 Å². The van der Waals surface area contributed by atoms with Crippen LogP contribution in [0.4, 0.5) is 15.8 Å². The van der Waals surface area contributed by atoms with Crippen LogP contribution in [-0.4, -0.2) is 50.8 Å². The maximum atomic E-state index is 14.6. The molecule has 1 aliphatic rings. The molecule has 0 spiro atoms. The van der Waals surface area contributed by atoms with E-state index >= 15 is 0 Å². The molecule has 6 rings (SSSR count). The van der Waals surface area contributed by atoms with Crippen LogP contribution in [0.15, 0.2) is 59.7 Å². The average Bonchev–Trinajstić information content (AvgIpc) is 3.52. The number of hydrogen-bond donors (Lipinski definition) is 2. The molecular formula is C27H26FN7O2. The van der Waals surface area contributed by atoms with Crippen molar-refractivity contribution in [2.45, 2.75) is 25.9 Å². The third kappa shape index (κ3) is 4.29. The number of halogens is 1. The van der Waals surface area contributed by atoms with Gasteiger partial charge < -0.3 is 20.0 Å². The van der Waals surface area contributed by atoms with E-state index in [1.807, 2.05) is 6.07 Å². The molecule has 1 fully saturated rings. The normalized spacial score (nSPS) is 18.0. The summed E-state index contributed by atoms with van der Waals surface area (Å²) in [5.41, 5.74) is 3.17. The first-order chi connectivity index (χ1) is 17.9. The molecule has 2 atom stereocenters. The Morgan fingerprint density at radius 1 is 1.16 bits per heavy atom. The van der Waals surface area contributed by atoms with Gasteiger partial charge in [-0.3, -0.25) is 9.48 Å². The average molecular weight is 500 g/mol. The predicted octanol–water partition coefficient (Wildman–Crippen LogP) is 4.35. The van der Waals surface area contributed by atoms with Gasteiger partial charge >= 0.3 is 0 Å². The molecule has 9 nitrogen and oxygen atoms in total. The third-order valence-corrected chi connectivity index (χ3v) is 6.58. The van der Waals surface area contributed by atoms with Crippen LogP contribution in [0.1, 0.15) is 24.2 Å². The largest absolute Gasteiger partial charge is 0.472 e. The fourth-order valence-corrected chi connectivity index (χ4v) is 5.10. The molecule has 10 heteroatoms. The Morgan fingerprint density at radius 3 is 2.73 bits per heavy atom. The monoisotopic (exact) mass is 499 g/mol. The number of piperazine rings is 1. The first-order valence-corrected chi connectivity index (χ1v) is 12.1. The Hall–Kier alpha value is -4.31. The van der Waals surface area contributed by atoms with Crippen molar-refractivity contribution in [1.82, 2.24) is 25.1 Å². The van der Waals surface area contributed by atoms with Crippen molar-refractivity contribution in [1.29, 1.82) is 0 Å². The van der Waals surface area contributed by atoms with Gasteiger partial charge in [0.05, 0.1) is 22.9 Å². The minimum absolute atomic E-state index is 0.257. The Bertz CT molecular complexity index is 1620. The fourth-order valence-electron chi connectivity index (χ4n) is 5.10. The summed E-state index contributed by atoms with van der Waals surface area (Å²) in [5.74, 6) is -0.435. The zero-order valence-corrected chi connectivity index (χ0v) is 20.7. The van der Waals surface area contributed by atoms with E-state index in [1.54, 1.807) is 50.2 Å². The lowest BCUT2D eigenvalue weighted by Crippen LogP contribution is -2.54. The van der Waals surface area contributed by atoms with E-state index in [2.05, 4.69) is 39.5 Å². The van der Waals surface area contributed by atoms with E-state index < -0.39 is 11.7 Å². The van der Waals surface area contributed by atoms with Crippen LogP contribution in [0, 0.1) is 5.82 Å². The summed E-state index contributed by atoms with van der Waals surface area (Å²) in [6.45, 7) is 5.94. The lowest BCUT2D eigenvalue weighted by atomic mass is 10.0. The molecule has 0 radical (unpaired) electrons. The molecule has 4 heterocycles. The van der Waals surface area contributed by atoms with E-state index in [9.17, 15) is 9.18 Å². The van der Waals surface area contributed by atoms with Crippen molar-refractivity contribution in [2.24, 2.45) is 7.05 Å². The van der Waals surface area contributed by atoms with Crippen molar-refractivity contribution in [3.8, 4) is 11.4 Å². The summed E-state index contributed by atoms with van der Waals surface area (Å²) in [5, 5.41) is 11.9. The maximum Gasteiger partial charge on any atom is 0.257 e. The number of carbonyl (C=O) groups excluding carboxylic acids is 1. The summed E-state index contributed by atoms with van der Waals surface area (Å²) in [4.78, 5) is 25.2. The molecule has 1 amide bonds. The van der Waals surface area contributed by atoms with Crippen LogP contribution in [0.3, 0.4) is 0 Å². The number of furan rings is 1. The van der Waals surface area contributed by atoms with Gasteiger partial charge in [0.1, 0.15) is 11.8 Å². The van der Waals surface area contributed by atoms with Gasteiger partial charge in [0, 0.05) is 66.8 Å². The van der Waals surface area contributed by atoms with Crippen LogP contribution in [0.5, 0.6) is 0 Å². The van der Waals surface area contributed by atoms with Crippen LogP contribution < -0.4 is 15.5 Å². The first kappa shape index (κ1) is 23.1. The number of aryl methyl sites for hydroxylation is 1. The summed E-state index contributed by atoms with van der Waals surface area (Å²) in [6, 6.07) is 9.09. The molecule has 2 N–H and O–H groups in total. The van der Waals surface area contributed by atoms with Crippen LogP contribution in [-0.2, 0) is 7.05 Å². The van der Waals surface area contributed by atoms with E-state index in [-0.39, 0.29) is 5.52 Å². The van der Waals surface area contributed by atoms with Crippen LogP contribution in [0.25, 0.3) is 33.2 Å². The number of nitrogens with one attached hydrogen (secondary N) is 2. The molecule has 0 bridgehead atoms. The van der Waals surface area contributed by atoms with E-state index in [0.717, 1.165) is 24.2 Å². The van der Waals surface area contributed by atoms with Gasteiger partial charge in [-0.05, 0) is 44.2 Å². The number of anilines is 2. The Morgan fingerprint density at radius 2 is 1.97 bits per heavy atom. The number of carbonyl (C=O) groups is 1. The third-order valence-electron chi connectivity index (χ3n) is 6.58. The van der Waals surface area contributed by atoms with Crippen LogP contribution in [0.2, 0.25) is 0 Å². The Kier molecular flexibility index (Phi) is 5.60. The maximum absolute atomic E-state index is 14.6. The molecular weight excluding hydrogens is 473 g/mol. The number of benzene rings is 2. The van der Waals surface area contributed by atoms with Gasteiger partial charge in [0.15, 0.2) is 11.6 Å². The smallest absolute Gasteiger partial charge is 0.257 e. The van der Waals surface area contributed by atoms with Gasteiger partial charge in [-0.25, -0.2) is 14.4 Å². The molecule has 5 aromatic rings. The minimum atomic E-state index is -0.500. The van der Waals surface area contributed by atoms with Crippen molar-refractivity contribution < 1.29 is 13.6 Å². The van der Waals surface area contributed by atoms with E-state index in [1.165, 1.54) is 10.7 Å². The molecule has 37 heavy (non-hydrogen) atoms. The summed E-state index contributed by atoms with van der Waals surface area (Å²) in [7, 11) is 1.72. The van der Waals surface area contributed by atoms with Gasteiger partial charge in [0.25, 0.3) is 5.91 Å². The number of aromatic nitrogens is 4. The zero-order chi connectivity index (χ0) is 25.7. The van der Waals surface area contributed by atoms with Crippen LogP contribution >= 0.6 is 0 Å². The second kappa shape index (κ2) is 8.97. The summed E-state index contributed by atoms with van der Waals surface area (Å²) < 4.78 is 21.4. The highest BCUT2D eigenvalue weighted by molar-refractivity contribution is 6.14. The van der Waals surface area contributed by atoms with E-state index in [4.69, 9.17) is 9.40 Å². The summed E-state index contributed by atoms with van der Waals surface area (Å²) >= 11 is 0. The van der Waals surface area contributed by atoms with Crippen molar-refractivity contribution in [2.75, 3.05) is 23.3 Å². The second-order valence-electron chi connectivity index (χ2n) is 9.63. The summed E-state index contributed by atoms with van der Waals surface area (Å²) in [6.07, 6.45) is 6.59. The lowest BCUT2D eigenvalue weighted by molar-refractivity contribution is 0.102. The number of hydrogen-bond acceptors (Lipinski definition) is 7. The van der Waals surface area contributed by atoms with Crippen molar-refractivity contribution in [3.05, 3.63) is 66.6 Å². The Balaban J connectivity index is 1.43. The van der Waals surface area contributed by atoms with Crippen molar-refractivity contribution in [3.63, 3.8) is 0 Å². The fraction of sp³-hybridized carbons (Fsp3) is 0.259. The van der Waals surface area contributed by atoms with Crippen molar-refractivity contribution >= 4 is 39.1 Å². The molecule has 0 aliphatic carbocycles. The highest BCUT2D eigenvalue weighted by Gasteiger charge is 2.25. The lowest BCUT2D eigenvalue weighted by Gasteiger charge is -2.38. The standard InChI is InChI=1S/C27H26FN7O2/c1-15-11-35(12-16(2)30-15)23-5-4-20(25-21(23)10-29-26(32-25)17-6-7-37-14-17)27(36)31-19-8-18-13-34(3)33-24(18)22(28)9-19/h4-10,13-16,30H,11-12H2,1-3H3,(H,31,36). The predicted molar refractivity (Wildman–Crippen MR) is 140 cm³/mol. The molecule has 1 aliphatic heterocycles. The zero-order valence-electron chi connectivity index (χ0n) is 20.7. The quantitative estimate of drug-likeness (QED) is 0.379. The molecule has 2 aromatic carbocycles. The van der Waals surface area contributed by atoms with Gasteiger partial charge in [-0.1, -0.05) is 0 Å². The molecule has 1 saturated heterocycles. The first-order valence-electron chi connectivity index (χ1n) is 12.1. The highest BCUT2D eigenvalue weighted by atomic mass is 19.1. The molecule has 188 valence electrons. The van der Waals surface area contributed by atoms with Gasteiger partial charge in [0.2, 0.25) is 0 Å². The minimum Gasteiger partial charge on any atom is -0.472 e. The number of nitrogens with zero attached hydrogens (tertiary/aromatic N) is 5. The number of amides is 1.